The molecular formula is C22H30FN3O6. The molecule has 10 heteroatoms. The van der Waals surface area contributed by atoms with Crippen molar-refractivity contribution in [3.8, 4) is 0 Å². The summed E-state index contributed by atoms with van der Waals surface area (Å²) in [4.78, 5) is 42.0. The van der Waals surface area contributed by atoms with Gasteiger partial charge in [0.15, 0.2) is 0 Å². The van der Waals surface area contributed by atoms with E-state index in [1.807, 2.05) is 0 Å². The van der Waals surface area contributed by atoms with Crippen LogP contribution < -0.4 is 11.1 Å². The van der Waals surface area contributed by atoms with Crippen LogP contribution >= 0.6 is 0 Å². The first kappa shape index (κ1) is 24.1. The fourth-order valence-corrected chi connectivity index (χ4v) is 3.91. The summed E-state index contributed by atoms with van der Waals surface area (Å²) in [6.07, 6.45) is -1.60. The third-order valence-corrected chi connectivity index (χ3v) is 6.06. The highest BCUT2D eigenvalue weighted by Crippen LogP contribution is 2.23. The molecule has 3 N–H and O–H groups in total. The van der Waals surface area contributed by atoms with Gasteiger partial charge in [-0.25, -0.2) is 9.18 Å². The van der Waals surface area contributed by atoms with Gasteiger partial charge in [0.1, 0.15) is 18.0 Å². The Labute approximate surface area is 186 Å². The lowest BCUT2D eigenvalue weighted by Crippen LogP contribution is -2.54. The van der Waals surface area contributed by atoms with Crippen molar-refractivity contribution in [1.82, 2.24) is 10.3 Å². The van der Waals surface area contributed by atoms with Crippen LogP contribution in [0.2, 0.25) is 0 Å². The number of aromatic nitrogens is 1. The van der Waals surface area contributed by atoms with Crippen LogP contribution in [-0.4, -0.2) is 60.3 Å². The van der Waals surface area contributed by atoms with Gasteiger partial charge in [-0.2, -0.15) is 0 Å². The highest BCUT2D eigenvalue weighted by Gasteiger charge is 2.40. The zero-order valence-electron chi connectivity index (χ0n) is 18.8. The van der Waals surface area contributed by atoms with Crippen LogP contribution in [-0.2, 0) is 35.0 Å². The number of halogens is 1. The normalized spacial score (nSPS) is 28.0. The van der Waals surface area contributed by atoms with Crippen LogP contribution in [0.25, 0.3) is 0 Å². The maximum absolute atomic E-state index is 14.4. The van der Waals surface area contributed by atoms with Crippen molar-refractivity contribution in [3.05, 3.63) is 28.3 Å². The van der Waals surface area contributed by atoms with E-state index in [4.69, 9.17) is 19.9 Å². The number of nitrogens with zero attached hydrogens (tertiary/aromatic N) is 1. The third-order valence-electron chi connectivity index (χ3n) is 6.06. The van der Waals surface area contributed by atoms with Gasteiger partial charge in [0.05, 0.1) is 24.8 Å². The average Bonchev–Trinajstić information content (AvgIpc) is 2.69. The number of rotatable bonds is 3. The van der Waals surface area contributed by atoms with Crippen molar-refractivity contribution in [2.24, 2.45) is 11.7 Å². The van der Waals surface area contributed by atoms with E-state index >= 15 is 0 Å². The summed E-state index contributed by atoms with van der Waals surface area (Å²) in [5, 5.41) is 2.81. The number of aryl methyl sites for hydroxylation is 2. The number of hydrogen-bond acceptors (Lipinski definition) is 8. The number of ether oxygens (including phenoxy) is 3. The van der Waals surface area contributed by atoms with E-state index in [0.717, 1.165) is 0 Å². The average molecular weight is 451 g/mol. The predicted octanol–water partition coefficient (Wildman–Crippen LogP) is 0.784. The number of hydrogen-bond donors (Lipinski definition) is 2. The number of nitrogens with one attached hydrogen (secondary N) is 1. The molecule has 9 nitrogen and oxygen atoms in total. The van der Waals surface area contributed by atoms with E-state index in [1.165, 1.54) is 6.92 Å². The molecule has 0 spiro atoms. The molecule has 2 aliphatic heterocycles. The minimum Gasteiger partial charge on any atom is -0.458 e. The molecule has 1 amide bonds. The summed E-state index contributed by atoms with van der Waals surface area (Å²) in [5.74, 6) is -2.55. The molecule has 1 aromatic rings. The lowest BCUT2D eigenvalue weighted by molar-refractivity contribution is -0.188. The molecule has 4 atom stereocenters. The Hall–Kier alpha value is -2.59. The number of carbonyl (C=O) groups is 3. The summed E-state index contributed by atoms with van der Waals surface area (Å²) in [7, 11) is 0. The Morgan fingerprint density at radius 2 is 1.81 bits per heavy atom. The van der Waals surface area contributed by atoms with Crippen LogP contribution in [0, 0.1) is 32.5 Å². The molecule has 0 bridgehead atoms. The van der Waals surface area contributed by atoms with Gasteiger partial charge in [0.25, 0.3) is 0 Å². The molecule has 0 saturated carbocycles. The number of pyridine rings is 1. The summed E-state index contributed by atoms with van der Waals surface area (Å²) in [6, 6.07) is -1.64. The highest BCUT2D eigenvalue weighted by atomic mass is 19.1. The second-order valence-electron chi connectivity index (χ2n) is 8.52. The van der Waals surface area contributed by atoms with Gasteiger partial charge in [-0.15, -0.1) is 0 Å². The molecule has 0 aliphatic carbocycles. The molecular weight excluding hydrogens is 421 g/mol. The smallest absolute Gasteiger partial charge is 0.348 e. The Morgan fingerprint density at radius 3 is 2.44 bits per heavy atom. The maximum Gasteiger partial charge on any atom is 0.348 e. The molecule has 3 heterocycles. The van der Waals surface area contributed by atoms with Crippen molar-refractivity contribution in [1.29, 1.82) is 0 Å². The maximum atomic E-state index is 14.4. The first-order valence-corrected chi connectivity index (χ1v) is 10.7. The molecule has 0 aromatic carbocycles. The fraction of sp³-hybridized carbons (Fsp3) is 0.636. The molecule has 32 heavy (non-hydrogen) atoms. The van der Waals surface area contributed by atoms with E-state index in [1.54, 1.807) is 20.8 Å². The van der Waals surface area contributed by atoms with E-state index in [2.05, 4.69) is 10.3 Å². The molecule has 176 valence electrons. The number of nitrogens with two attached hydrogens (primary N) is 1. The van der Waals surface area contributed by atoms with Gasteiger partial charge < -0.3 is 25.3 Å². The van der Waals surface area contributed by atoms with E-state index in [-0.39, 0.29) is 38.4 Å². The highest BCUT2D eigenvalue weighted by molar-refractivity contribution is 5.84. The molecule has 2 fully saturated rings. The number of cyclic esters (lactones) is 2. The van der Waals surface area contributed by atoms with Gasteiger partial charge in [-0.1, -0.05) is 0 Å². The molecule has 1 unspecified atom stereocenters. The Morgan fingerprint density at radius 1 is 1.12 bits per heavy atom. The van der Waals surface area contributed by atoms with Crippen molar-refractivity contribution >= 4 is 17.8 Å². The summed E-state index contributed by atoms with van der Waals surface area (Å²) >= 11 is 0. The van der Waals surface area contributed by atoms with Gasteiger partial charge in [-0.05, 0) is 51.7 Å². The van der Waals surface area contributed by atoms with Gasteiger partial charge in [0, 0.05) is 18.2 Å². The fourth-order valence-electron chi connectivity index (χ4n) is 3.91. The molecule has 2 aliphatic rings. The van der Waals surface area contributed by atoms with Gasteiger partial charge in [0.2, 0.25) is 12.0 Å². The Balaban J connectivity index is 1.83. The molecule has 2 saturated heterocycles. The zero-order chi connectivity index (χ0) is 23.6. The first-order chi connectivity index (χ1) is 15.1. The van der Waals surface area contributed by atoms with E-state index in [0.29, 0.717) is 22.5 Å². The molecule has 0 radical (unpaired) electrons. The van der Waals surface area contributed by atoms with Crippen molar-refractivity contribution in [2.75, 3.05) is 13.2 Å². The lowest BCUT2D eigenvalue weighted by Gasteiger charge is -2.33. The molecule has 1 aromatic heterocycles. The van der Waals surface area contributed by atoms with Gasteiger partial charge >= 0.3 is 11.9 Å². The summed E-state index contributed by atoms with van der Waals surface area (Å²) < 4.78 is 30.3. The van der Waals surface area contributed by atoms with Crippen molar-refractivity contribution in [3.63, 3.8) is 0 Å². The SMILES string of the molecule is Cc1nc(C)c(C[C@H]2CCC(=O)OC(C3COC3)C(=O)O[C@H](C)[C@H](N)C(=O)N2)c(C)c1F. The Kier molecular flexibility index (Phi) is 7.45. The van der Waals surface area contributed by atoms with E-state index < -0.39 is 48.0 Å². The topological polar surface area (TPSA) is 130 Å². The van der Waals surface area contributed by atoms with Crippen molar-refractivity contribution in [2.45, 2.75) is 71.2 Å². The molecule has 3 rings (SSSR count). The summed E-state index contributed by atoms with van der Waals surface area (Å²) in [6.45, 7) is 7.10. The van der Waals surface area contributed by atoms with Crippen LogP contribution in [0.3, 0.4) is 0 Å². The lowest BCUT2D eigenvalue weighted by atomic mass is 9.95. The monoisotopic (exact) mass is 451 g/mol. The number of amides is 1. The second-order valence-corrected chi connectivity index (χ2v) is 8.52. The van der Waals surface area contributed by atoms with Crippen LogP contribution in [0.15, 0.2) is 0 Å². The minimum absolute atomic E-state index is 0.0486. The largest absolute Gasteiger partial charge is 0.458 e. The van der Waals surface area contributed by atoms with E-state index in [9.17, 15) is 18.8 Å². The predicted molar refractivity (Wildman–Crippen MR) is 111 cm³/mol. The number of esters is 2. The number of carbonyl (C=O) groups excluding carboxylic acids is 3. The van der Waals surface area contributed by atoms with Crippen LogP contribution in [0.1, 0.15) is 42.3 Å². The first-order valence-electron chi connectivity index (χ1n) is 10.7. The quantitative estimate of drug-likeness (QED) is 0.645. The van der Waals surface area contributed by atoms with Crippen LogP contribution in [0.4, 0.5) is 4.39 Å². The van der Waals surface area contributed by atoms with Crippen molar-refractivity contribution < 1.29 is 33.0 Å². The Bertz CT molecular complexity index is 904. The third kappa shape index (κ3) is 5.24. The standard InChI is InChI=1S/C22H30FN3O6/c1-10-16(11(2)25-12(3)18(10)23)7-15-5-6-17(27)32-20(14-8-30-9-14)22(29)31-13(4)19(24)21(28)26-15/h13-15,19-20H,5-9,24H2,1-4H3,(H,26,28)/t13-,15-,19+,20?/m1/s1. The van der Waals surface area contributed by atoms with Crippen LogP contribution in [0.5, 0.6) is 0 Å². The summed E-state index contributed by atoms with van der Waals surface area (Å²) in [5.41, 5.74) is 8.10. The zero-order valence-corrected chi connectivity index (χ0v) is 18.8. The minimum atomic E-state index is -1.12. The second kappa shape index (κ2) is 9.91. The van der Waals surface area contributed by atoms with Gasteiger partial charge in [-0.3, -0.25) is 14.6 Å².